The van der Waals surface area contributed by atoms with Crippen molar-refractivity contribution in [1.29, 1.82) is 0 Å². The summed E-state index contributed by atoms with van der Waals surface area (Å²) in [6, 6.07) is 13.5. The maximum absolute atomic E-state index is 12.4. The van der Waals surface area contributed by atoms with E-state index in [-0.39, 0.29) is 5.91 Å². The second kappa shape index (κ2) is 4.76. The Labute approximate surface area is 119 Å². The number of hydrogen-bond acceptors (Lipinski definition) is 2. The summed E-state index contributed by atoms with van der Waals surface area (Å²) in [7, 11) is 0. The van der Waals surface area contributed by atoms with Gasteiger partial charge >= 0.3 is 0 Å². The normalized spacial score (nSPS) is 17.4. The first-order valence-electron chi connectivity index (χ1n) is 6.80. The van der Waals surface area contributed by atoms with Gasteiger partial charge < -0.3 is 10.6 Å². The lowest BCUT2D eigenvalue weighted by atomic mass is 10.0. The number of aryl methyl sites for hydroxylation is 1. The number of carbonyl (C=O) groups excluding carboxylic acids is 1. The van der Waals surface area contributed by atoms with Gasteiger partial charge in [0.15, 0.2) is 0 Å². The summed E-state index contributed by atoms with van der Waals surface area (Å²) >= 11 is 0. The Morgan fingerprint density at radius 2 is 1.80 bits per heavy atom. The molecule has 0 aliphatic carbocycles. The second-order valence-corrected chi connectivity index (χ2v) is 5.33. The molecule has 0 saturated carbocycles. The van der Waals surface area contributed by atoms with Crippen LogP contribution in [0.25, 0.3) is 0 Å². The highest BCUT2D eigenvalue weighted by atomic mass is 16.2. The van der Waals surface area contributed by atoms with Gasteiger partial charge in [-0.25, -0.2) is 0 Å². The molecule has 1 aliphatic rings. The lowest BCUT2D eigenvalue weighted by Gasteiger charge is -2.20. The van der Waals surface area contributed by atoms with Gasteiger partial charge in [0, 0.05) is 5.56 Å². The molecule has 0 saturated heterocycles. The van der Waals surface area contributed by atoms with Crippen molar-refractivity contribution in [2.45, 2.75) is 26.4 Å². The Morgan fingerprint density at radius 3 is 2.50 bits per heavy atom. The summed E-state index contributed by atoms with van der Waals surface area (Å²) in [5, 5.41) is 0. The number of carbonyl (C=O) groups is 1. The molecule has 20 heavy (non-hydrogen) atoms. The third-order valence-corrected chi connectivity index (χ3v) is 4.05. The Bertz CT molecular complexity index is 664. The fourth-order valence-corrected chi connectivity index (χ4v) is 2.77. The fourth-order valence-electron chi connectivity index (χ4n) is 2.77. The maximum Gasteiger partial charge on any atom is 0.248 e. The van der Waals surface area contributed by atoms with Crippen LogP contribution in [-0.4, -0.2) is 5.91 Å². The SMILES string of the molecule is Cc1ccc2c(c1C)N(Cc1ccccc1)C(=O)C2N. The van der Waals surface area contributed by atoms with Crippen molar-refractivity contribution in [3.05, 3.63) is 64.7 Å². The molecule has 0 fully saturated rings. The predicted octanol–water partition coefficient (Wildman–Crippen LogP) is 2.85. The Balaban J connectivity index is 2.06. The smallest absolute Gasteiger partial charge is 0.248 e. The van der Waals surface area contributed by atoms with E-state index < -0.39 is 6.04 Å². The van der Waals surface area contributed by atoms with E-state index in [0.717, 1.165) is 22.4 Å². The number of fused-ring (bicyclic) bond motifs is 1. The second-order valence-electron chi connectivity index (χ2n) is 5.33. The number of benzene rings is 2. The zero-order valence-corrected chi connectivity index (χ0v) is 11.8. The summed E-state index contributed by atoms with van der Waals surface area (Å²) in [4.78, 5) is 14.2. The average molecular weight is 266 g/mol. The molecule has 1 amide bonds. The standard InChI is InChI=1S/C17H18N2O/c1-11-8-9-14-15(18)17(20)19(16(14)12(11)2)10-13-6-4-3-5-7-13/h3-9,15H,10,18H2,1-2H3. The molecule has 0 spiro atoms. The van der Waals surface area contributed by atoms with Gasteiger partial charge in [0.1, 0.15) is 6.04 Å². The van der Waals surface area contributed by atoms with Crippen LogP contribution in [0.1, 0.15) is 28.3 Å². The van der Waals surface area contributed by atoms with Gasteiger partial charge in [-0.3, -0.25) is 4.79 Å². The van der Waals surface area contributed by atoms with Crippen LogP contribution in [-0.2, 0) is 11.3 Å². The van der Waals surface area contributed by atoms with Crippen LogP contribution in [0.4, 0.5) is 5.69 Å². The maximum atomic E-state index is 12.4. The van der Waals surface area contributed by atoms with Crippen LogP contribution in [0.3, 0.4) is 0 Å². The van der Waals surface area contributed by atoms with Crippen molar-refractivity contribution in [1.82, 2.24) is 0 Å². The largest absolute Gasteiger partial charge is 0.316 e. The molecular formula is C17H18N2O. The van der Waals surface area contributed by atoms with E-state index in [1.54, 1.807) is 0 Å². The van der Waals surface area contributed by atoms with E-state index in [1.807, 2.05) is 47.4 Å². The van der Waals surface area contributed by atoms with Gasteiger partial charge in [-0.2, -0.15) is 0 Å². The Hall–Kier alpha value is -2.13. The molecule has 3 nitrogen and oxygen atoms in total. The van der Waals surface area contributed by atoms with E-state index in [4.69, 9.17) is 5.73 Å². The lowest BCUT2D eigenvalue weighted by molar-refractivity contribution is -0.119. The van der Waals surface area contributed by atoms with Crippen molar-refractivity contribution in [2.24, 2.45) is 5.73 Å². The van der Waals surface area contributed by atoms with Crippen molar-refractivity contribution in [2.75, 3.05) is 4.90 Å². The molecule has 2 aromatic rings. The first-order chi connectivity index (χ1) is 9.59. The third kappa shape index (κ3) is 1.91. The van der Waals surface area contributed by atoms with Crippen molar-refractivity contribution in [3.63, 3.8) is 0 Å². The zero-order valence-electron chi connectivity index (χ0n) is 11.8. The summed E-state index contributed by atoms with van der Waals surface area (Å²) in [6.07, 6.45) is 0. The van der Waals surface area contributed by atoms with Gasteiger partial charge in [-0.05, 0) is 30.5 Å². The van der Waals surface area contributed by atoms with Gasteiger partial charge in [-0.15, -0.1) is 0 Å². The summed E-state index contributed by atoms with van der Waals surface area (Å²) < 4.78 is 0. The predicted molar refractivity (Wildman–Crippen MR) is 80.5 cm³/mol. The van der Waals surface area contributed by atoms with Gasteiger partial charge in [0.25, 0.3) is 0 Å². The van der Waals surface area contributed by atoms with E-state index in [2.05, 4.69) is 13.8 Å². The van der Waals surface area contributed by atoms with Crippen LogP contribution in [0.15, 0.2) is 42.5 Å². The highest BCUT2D eigenvalue weighted by Gasteiger charge is 2.36. The topological polar surface area (TPSA) is 46.3 Å². The molecule has 1 unspecified atom stereocenters. The molecular weight excluding hydrogens is 248 g/mol. The van der Waals surface area contributed by atoms with Crippen LogP contribution >= 0.6 is 0 Å². The first-order valence-corrected chi connectivity index (χ1v) is 6.80. The van der Waals surface area contributed by atoms with Crippen LogP contribution in [0.2, 0.25) is 0 Å². The van der Waals surface area contributed by atoms with E-state index in [0.29, 0.717) is 6.54 Å². The van der Waals surface area contributed by atoms with Gasteiger partial charge in [0.05, 0.1) is 12.2 Å². The third-order valence-electron chi connectivity index (χ3n) is 4.05. The molecule has 0 aromatic heterocycles. The summed E-state index contributed by atoms with van der Waals surface area (Å²) in [5.41, 5.74) is 11.4. The number of rotatable bonds is 2. The number of nitrogens with zero attached hydrogens (tertiary/aromatic N) is 1. The molecule has 1 heterocycles. The van der Waals surface area contributed by atoms with Crippen LogP contribution in [0.5, 0.6) is 0 Å². The molecule has 0 bridgehead atoms. The number of anilines is 1. The Morgan fingerprint density at radius 1 is 1.10 bits per heavy atom. The zero-order chi connectivity index (χ0) is 14.3. The summed E-state index contributed by atoms with van der Waals surface area (Å²) in [6.45, 7) is 4.69. The minimum absolute atomic E-state index is 0.0162. The molecule has 3 heteroatoms. The van der Waals surface area contributed by atoms with Crippen molar-refractivity contribution >= 4 is 11.6 Å². The fraction of sp³-hybridized carbons (Fsp3) is 0.235. The molecule has 1 atom stereocenters. The highest BCUT2D eigenvalue weighted by molar-refractivity contribution is 6.05. The summed E-state index contributed by atoms with van der Waals surface area (Å²) in [5.74, 6) is -0.0162. The average Bonchev–Trinajstić information content (AvgIpc) is 2.70. The van der Waals surface area contributed by atoms with Crippen molar-refractivity contribution in [3.8, 4) is 0 Å². The molecule has 2 N–H and O–H groups in total. The molecule has 1 aliphatic heterocycles. The quantitative estimate of drug-likeness (QED) is 0.908. The van der Waals surface area contributed by atoms with Crippen LogP contribution in [0, 0.1) is 13.8 Å². The molecule has 3 rings (SSSR count). The van der Waals surface area contributed by atoms with E-state index >= 15 is 0 Å². The molecule has 0 radical (unpaired) electrons. The highest BCUT2D eigenvalue weighted by Crippen LogP contribution is 2.39. The molecule has 2 aromatic carbocycles. The minimum Gasteiger partial charge on any atom is -0.316 e. The van der Waals surface area contributed by atoms with Crippen LogP contribution < -0.4 is 10.6 Å². The number of nitrogens with two attached hydrogens (primary N) is 1. The number of hydrogen-bond donors (Lipinski definition) is 1. The monoisotopic (exact) mass is 266 g/mol. The Kier molecular flexibility index (Phi) is 3.07. The van der Waals surface area contributed by atoms with Gasteiger partial charge in [-0.1, -0.05) is 42.5 Å². The van der Waals surface area contributed by atoms with Gasteiger partial charge in [0.2, 0.25) is 5.91 Å². The van der Waals surface area contributed by atoms with E-state index in [9.17, 15) is 4.79 Å². The minimum atomic E-state index is -0.534. The molecule has 102 valence electrons. The number of amides is 1. The van der Waals surface area contributed by atoms with Crippen molar-refractivity contribution < 1.29 is 4.79 Å². The first kappa shape index (κ1) is 12.9. The lowest BCUT2D eigenvalue weighted by Crippen LogP contribution is -2.31. The van der Waals surface area contributed by atoms with E-state index in [1.165, 1.54) is 5.56 Å².